The van der Waals surface area contributed by atoms with Crippen molar-refractivity contribution in [2.45, 2.75) is 71.9 Å². The average molecular weight is 332 g/mol. The van der Waals surface area contributed by atoms with Crippen molar-refractivity contribution in [1.29, 1.82) is 0 Å². The number of hydrogen-bond donors (Lipinski definition) is 1. The molecule has 1 saturated heterocycles. The maximum Gasteiger partial charge on any atom is 0.194 e. The lowest BCUT2D eigenvalue weighted by molar-refractivity contribution is -0.0666. The Morgan fingerprint density at radius 1 is 1.17 bits per heavy atom. The molecule has 0 bridgehead atoms. The van der Waals surface area contributed by atoms with Crippen LogP contribution in [0.5, 0.6) is 0 Å². The fourth-order valence-electron chi connectivity index (χ4n) is 3.71. The molecule has 0 spiro atoms. The predicted molar refractivity (Wildman–Crippen MR) is 97.2 cm³/mol. The van der Waals surface area contributed by atoms with Gasteiger partial charge in [0.2, 0.25) is 0 Å². The second-order valence-corrected chi connectivity index (χ2v) is 8.25. The van der Waals surface area contributed by atoms with E-state index in [4.69, 9.17) is 0 Å². The third-order valence-corrected chi connectivity index (χ3v) is 6.17. The summed E-state index contributed by atoms with van der Waals surface area (Å²) in [5.41, 5.74) is 0.440. The third kappa shape index (κ3) is 2.91. The van der Waals surface area contributed by atoms with Crippen LogP contribution in [-0.4, -0.2) is 51.3 Å². The van der Waals surface area contributed by atoms with Gasteiger partial charge in [-0.25, -0.2) is 0 Å². The third-order valence-electron chi connectivity index (χ3n) is 6.17. The van der Waals surface area contributed by atoms with Gasteiger partial charge in [0, 0.05) is 50.5 Å². The van der Waals surface area contributed by atoms with Crippen LogP contribution in [0.3, 0.4) is 0 Å². The van der Waals surface area contributed by atoms with Gasteiger partial charge in [0.25, 0.3) is 0 Å². The van der Waals surface area contributed by atoms with Crippen molar-refractivity contribution in [3.63, 3.8) is 0 Å². The Balaban J connectivity index is 1.58. The van der Waals surface area contributed by atoms with E-state index in [0.29, 0.717) is 5.41 Å². The molecule has 0 aliphatic carbocycles. The van der Waals surface area contributed by atoms with Crippen molar-refractivity contribution in [3.05, 3.63) is 11.6 Å². The molecule has 2 aliphatic rings. The van der Waals surface area contributed by atoms with E-state index in [-0.39, 0.29) is 5.54 Å². The molecule has 3 rings (SSSR count). The SMILES string of the molecule is CN=C(NCCc1nnc2n1CCCCC2)N1CC(C)(C)C1(C)C. The predicted octanol–water partition coefficient (Wildman–Crippen LogP) is 2.24. The summed E-state index contributed by atoms with van der Waals surface area (Å²) in [6, 6.07) is 0. The summed E-state index contributed by atoms with van der Waals surface area (Å²) < 4.78 is 2.33. The van der Waals surface area contributed by atoms with Gasteiger partial charge < -0.3 is 14.8 Å². The Morgan fingerprint density at radius 2 is 1.96 bits per heavy atom. The van der Waals surface area contributed by atoms with Gasteiger partial charge in [0.15, 0.2) is 5.96 Å². The number of guanidine groups is 1. The molecule has 6 heteroatoms. The number of rotatable bonds is 3. The quantitative estimate of drug-likeness (QED) is 0.681. The lowest BCUT2D eigenvalue weighted by Crippen LogP contribution is -2.72. The molecule has 0 atom stereocenters. The summed E-state index contributed by atoms with van der Waals surface area (Å²) >= 11 is 0. The van der Waals surface area contributed by atoms with Gasteiger partial charge in [-0.15, -0.1) is 10.2 Å². The fourth-order valence-corrected chi connectivity index (χ4v) is 3.71. The van der Waals surface area contributed by atoms with Gasteiger partial charge in [-0.1, -0.05) is 20.3 Å². The highest BCUT2D eigenvalue weighted by Crippen LogP contribution is 2.46. The Hall–Kier alpha value is -1.59. The number of nitrogens with zero attached hydrogens (tertiary/aromatic N) is 5. The highest BCUT2D eigenvalue weighted by molar-refractivity contribution is 5.82. The standard InChI is InChI=1S/C18H32N6/c1-17(2)13-24(18(17,3)4)16(19-5)20-11-10-15-22-21-14-9-7-6-8-12-23(14)15/h6-13H2,1-5H3,(H,19,20). The van der Waals surface area contributed by atoms with Crippen LogP contribution in [0, 0.1) is 5.41 Å². The monoisotopic (exact) mass is 332 g/mol. The number of likely N-dealkylation sites (tertiary alicyclic amines) is 1. The van der Waals surface area contributed by atoms with Gasteiger partial charge in [0.1, 0.15) is 11.6 Å². The van der Waals surface area contributed by atoms with Crippen LogP contribution in [-0.2, 0) is 19.4 Å². The summed E-state index contributed by atoms with van der Waals surface area (Å²) in [5, 5.41) is 12.3. The molecular weight excluding hydrogens is 300 g/mol. The number of nitrogens with one attached hydrogen (secondary N) is 1. The summed E-state index contributed by atoms with van der Waals surface area (Å²) in [5.74, 6) is 3.27. The minimum absolute atomic E-state index is 0.126. The van der Waals surface area contributed by atoms with E-state index in [1.54, 1.807) is 0 Å². The first-order valence-corrected chi connectivity index (χ1v) is 9.26. The normalized spacial score (nSPS) is 22.5. The molecule has 2 aliphatic heterocycles. The summed E-state index contributed by atoms with van der Waals surface area (Å²) in [6.07, 6.45) is 5.74. The molecule has 3 heterocycles. The molecule has 1 fully saturated rings. The van der Waals surface area contributed by atoms with Crippen molar-refractivity contribution >= 4 is 5.96 Å². The van der Waals surface area contributed by atoms with E-state index in [1.807, 2.05) is 7.05 Å². The molecule has 0 unspecified atom stereocenters. The van der Waals surface area contributed by atoms with Crippen LogP contribution in [0.15, 0.2) is 4.99 Å². The first kappa shape index (κ1) is 17.2. The zero-order valence-corrected chi connectivity index (χ0v) is 15.9. The molecule has 1 N–H and O–H groups in total. The summed E-state index contributed by atoms with van der Waals surface area (Å²) in [6.45, 7) is 12.2. The van der Waals surface area contributed by atoms with E-state index in [1.165, 1.54) is 19.3 Å². The van der Waals surface area contributed by atoms with Crippen molar-refractivity contribution < 1.29 is 0 Å². The lowest BCUT2D eigenvalue weighted by atomic mass is 9.65. The highest BCUT2D eigenvalue weighted by atomic mass is 15.4. The zero-order chi connectivity index (χ0) is 17.4. The molecule has 1 aromatic rings. The van der Waals surface area contributed by atoms with Gasteiger partial charge in [0.05, 0.1) is 0 Å². The number of aliphatic imine (C=N–C) groups is 1. The Morgan fingerprint density at radius 3 is 2.62 bits per heavy atom. The van der Waals surface area contributed by atoms with E-state index in [0.717, 1.165) is 50.1 Å². The Labute approximate surface area is 145 Å². The number of aryl methyl sites for hydroxylation is 1. The fraction of sp³-hybridized carbons (Fsp3) is 0.833. The van der Waals surface area contributed by atoms with Crippen LogP contribution in [0.2, 0.25) is 0 Å². The van der Waals surface area contributed by atoms with Crippen molar-refractivity contribution in [2.24, 2.45) is 10.4 Å². The lowest BCUT2D eigenvalue weighted by Gasteiger charge is -2.62. The molecular formula is C18H32N6. The average Bonchev–Trinajstić information content (AvgIpc) is 2.77. The van der Waals surface area contributed by atoms with Gasteiger partial charge in [-0.05, 0) is 26.7 Å². The van der Waals surface area contributed by atoms with Crippen LogP contribution in [0.4, 0.5) is 0 Å². The summed E-state index contributed by atoms with van der Waals surface area (Å²) in [7, 11) is 1.87. The number of fused-ring (bicyclic) bond motifs is 1. The molecule has 0 saturated carbocycles. The van der Waals surface area contributed by atoms with Gasteiger partial charge in [-0.2, -0.15) is 0 Å². The second kappa shape index (κ2) is 6.37. The Bertz CT molecular complexity index is 613. The second-order valence-electron chi connectivity index (χ2n) is 8.25. The zero-order valence-electron chi connectivity index (χ0n) is 15.9. The van der Waals surface area contributed by atoms with Crippen LogP contribution in [0.1, 0.15) is 58.6 Å². The minimum Gasteiger partial charge on any atom is -0.356 e. The van der Waals surface area contributed by atoms with Crippen LogP contribution >= 0.6 is 0 Å². The number of aromatic nitrogens is 3. The molecule has 0 radical (unpaired) electrons. The van der Waals surface area contributed by atoms with E-state index >= 15 is 0 Å². The van der Waals surface area contributed by atoms with Gasteiger partial charge in [-0.3, -0.25) is 4.99 Å². The van der Waals surface area contributed by atoms with Crippen molar-refractivity contribution in [2.75, 3.05) is 20.1 Å². The van der Waals surface area contributed by atoms with Gasteiger partial charge >= 0.3 is 0 Å². The molecule has 134 valence electrons. The first-order valence-electron chi connectivity index (χ1n) is 9.26. The highest BCUT2D eigenvalue weighted by Gasteiger charge is 2.53. The Kier molecular flexibility index (Phi) is 4.58. The maximum atomic E-state index is 4.48. The molecule has 1 aromatic heterocycles. The minimum atomic E-state index is 0.126. The molecule has 24 heavy (non-hydrogen) atoms. The number of hydrogen-bond acceptors (Lipinski definition) is 3. The summed E-state index contributed by atoms with van der Waals surface area (Å²) in [4.78, 5) is 6.85. The molecule has 6 nitrogen and oxygen atoms in total. The maximum absolute atomic E-state index is 4.48. The topological polar surface area (TPSA) is 58.3 Å². The van der Waals surface area contributed by atoms with Crippen molar-refractivity contribution in [3.8, 4) is 0 Å². The van der Waals surface area contributed by atoms with E-state index < -0.39 is 0 Å². The van der Waals surface area contributed by atoms with Crippen LogP contribution < -0.4 is 5.32 Å². The van der Waals surface area contributed by atoms with Crippen molar-refractivity contribution in [1.82, 2.24) is 25.0 Å². The smallest absolute Gasteiger partial charge is 0.194 e. The van der Waals surface area contributed by atoms with Crippen LogP contribution in [0.25, 0.3) is 0 Å². The van der Waals surface area contributed by atoms with E-state index in [9.17, 15) is 0 Å². The first-order chi connectivity index (χ1) is 11.4. The van der Waals surface area contributed by atoms with E-state index in [2.05, 4.69) is 57.7 Å². The largest absolute Gasteiger partial charge is 0.356 e. The molecule has 0 aromatic carbocycles. The molecule has 0 amide bonds.